The van der Waals surface area contributed by atoms with Gasteiger partial charge in [0.2, 0.25) is 0 Å². The number of benzene rings is 2. The lowest BCUT2D eigenvalue weighted by atomic mass is 9.98. The summed E-state index contributed by atoms with van der Waals surface area (Å²) in [6, 6.07) is 12.3. The van der Waals surface area contributed by atoms with E-state index in [1.807, 2.05) is 6.07 Å². The Morgan fingerprint density at radius 3 is 2.24 bits per heavy atom. The Morgan fingerprint density at radius 1 is 1.12 bits per heavy atom. The van der Waals surface area contributed by atoms with Gasteiger partial charge in [-0.15, -0.1) is 0 Å². The Kier molecular flexibility index (Phi) is 6.95. The van der Waals surface area contributed by atoms with E-state index in [2.05, 4.69) is 10.2 Å². The van der Waals surface area contributed by atoms with Crippen molar-refractivity contribution in [3.63, 3.8) is 0 Å². The highest BCUT2D eigenvalue weighted by Gasteiger charge is 2.46. The number of amides is 1. The van der Waals surface area contributed by atoms with Gasteiger partial charge in [-0.25, -0.2) is 9.18 Å². The molecule has 1 saturated heterocycles. The molecule has 33 heavy (non-hydrogen) atoms. The lowest BCUT2D eigenvalue weighted by Gasteiger charge is -2.33. The third-order valence-electron chi connectivity index (χ3n) is 5.01. The third-order valence-corrected chi connectivity index (χ3v) is 5.01. The topological polar surface area (TPSA) is 106 Å². The lowest BCUT2D eigenvalue weighted by molar-refractivity contribution is -0.242. The van der Waals surface area contributed by atoms with Crippen LogP contribution < -0.4 is 5.32 Å². The molecule has 1 amide bonds. The molecule has 170 valence electrons. The summed E-state index contributed by atoms with van der Waals surface area (Å²) in [5, 5.41) is 21.2. The van der Waals surface area contributed by atoms with E-state index in [0.29, 0.717) is 16.7 Å². The summed E-state index contributed by atoms with van der Waals surface area (Å²) in [5.74, 6) is -5.17. The summed E-state index contributed by atoms with van der Waals surface area (Å²) in [6.07, 6.45) is -5.89. The second-order valence-electron chi connectivity index (χ2n) is 7.24. The van der Waals surface area contributed by atoms with E-state index in [0.717, 1.165) is 6.07 Å². The molecule has 7 nitrogen and oxygen atoms in total. The number of carbonyl (C=O) groups excluding carboxylic acids is 2. The standard InChI is InChI=1S/C22H16F4N4O3/c23-19-8-15(14-3-1-13(9-27)2-4-14)5-6-16(19)7-18(10-28)30(20(31)17-11-29-12-17)33-21(32)22(24,25)26/h1-6,8,17-18,29H,7,11-12H2/t18-/m0/s1. The summed E-state index contributed by atoms with van der Waals surface area (Å²) >= 11 is 0. The van der Waals surface area contributed by atoms with Gasteiger partial charge in [0.05, 0.1) is 23.6 Å². The number of nitrogens with zero attached hydrogens (tertiary/aromatic N) is 3. The summed E-state index contributed by atoms with van der Waals surface area (Å²) in [5.41, 5.74) is 1.44. The first-order valence-electron chi connectivity index (χ1n) is 9.65. The zero-order valence-corrected chi connectivity index (χ0v) is 16.9. The molecule has 3 rings (SSSR count). The van der Waals surface area contributed by atoms with Gasteiger partial charge in [0.1, 0.15) is 5.82 Å². The molecule has 1 atom stereocenters. The first-order chi connectivity index (χ1) is 15.6. The Labute approximate surface area is 185 Å². The maximum atomic E-state index is 14.8. The molecule has 0 radical (unpaired) electrons. The highest BCUT2D eigenvalue weighted by molar-refractivity contribution is 5.83. The number of carbonyl (C=O) groups is 2. The molecule has 2 aromatic rings. The number of alkyl halides is 3. The highest BCUT2D eigenvalue weighted by atomic mass is 19.4. The molecule has 1 fully saturated rings. The number of hydrogen-bond acceptors (Lipinski definition) is 6. The smallest absolute Gasteiger partial charge is 0.328 e. The van der Waals surface area contributed by atoms with E-state index < -0.39 is 42.3 Å². The van der Waals surface area contributed by atoms with Crippen LogP contribution in [-0.4, -0.2) is 42.2 Å². The summed E-state index contributed by atoms with van der Waals surface area (Å²) < 4.78 is 52.9. The molecule has 0 aromatic heterocycles. The number of halogens is 4. The molecule has 0 unspecified atom stereocenters. The largest absolute Gasteiger partial charge is 0.493 e. The van der Waals surface area contributed by atoms with Gasteiger partial charge in [0, 0.05) is 19.5 Å². The fourth-order valence-corrected chi connectivity index (χ4v) is 3.07. The molecular weight excluding hydrogens is 444 g/mol. The van der Waals surface area contributed by atoms with Crippen LogP contribution in [0.1, 0.15) is 11.1 Å². The normalized spacial score (nSPS) is 14.4. The third kappa shape index (κ3) is 5.45. The molecule has 0 spiro atoms. The van der Waals surface area contributed by atoms with Gasteiger partial charge in [-0.2, -0.15) is 28.8 Å². The molecule has 1 heterocycles. The van der Waals surface area contributed by atoms with Crippen molar-refractivity contribution in [2.45, 2.75) is 18.6 Å². The van der Waals surface area contributed by atoms with Crippen molar-refractivity contribution in [3.05, 3.63) is 59.4 Å². The van der Waals surface area contributed by atoms with Crippen LogP contribution in [0.3, 0.4) is 0 Å². The van der Waals surface area contributed by atoms with Crippen molar-refractivity contribution in [2.24, 2.45) is 5.92 Å². The Morgan fingerprint density at radius 2 is 1.76 bits per heavy atom. The lowest BCUT2D eigenvalue weighted by Crippen LogP contribution is -2.55. The van der Waals surface area contributed by atoms with Crippen molar-refractivity contribution in [1.82, 2.24) is 10.4 Å². The number of nitrogens with one attached hydrogen (secondary N) is 1. The van der Waals surface area contributed by atoms with Gasteiger partial charge in [-0.1, -0.05) is 24.3 Å². The van der Waals surface area contributed by atoms with Crippen molar-refractivity contribution in [2.75, 3.05) is 13.1 Å². The molecule has 11 heteroatoms. The van der Waals surface area contributed by atoms with E-state index >= 15 is 0 Å². The van der Waals surface area contributed by atoms with E-state index in [9.17, 15) is 32.4 Å². The van der Waals surface area contributed by atoms with Crippen LogP contribution in [-0.2, 0) is 20.8 Å². The molecular formula is C22H16F4N4O3. The predicted octanol–water partition coefficient (Wildman–Crippen LogP) is 2.87. The van der Waals surface area contributed by atoms with Crippen molar-refractivity contribution in [3.8, 4) is 23.3 Å². The summed E-state index contributed by atoms with van der Waals surface area (Å²) in [4.78, 5) is 28.1. The van der Waals surface area contributed by atoms with Crippen LogP contribution in [0.15, 0.2) is 42.5 Å². The van der Waals surface area contributed by atoms with Crippen LogP contribution in [0.4, 0.5) is 17.6 Å². The predicted molar refractivity (Wildman–Crippen MR) is 105 cm³/mol. The van der Waals surface area contributed by atoms with Gasteiger partial charge in [-0.3, -0.25) is 4.79 Å². The molecule has 2 aromatic carbocycles. The van der Waals surface area contributed by atoms with Crippen LogP contribution in [0, 0.1) is 34.4 Å². The number of rotatable bonds is 5. The van der Waals surface area contributed by atoms with Crippen LogP contribution >= 0.6 is 0 Å². The van der Waals surface area contributed by atoms with Gasteiger partial charge >= 0.3 is 12.1 Å². The van der Waals surface area contributed by atoms with Crippen LogP contribution in [0.2, 0.25) is 0 Å². The first-order valence-corrected chi connectivity index (χ1v) is 9.65. The van der Waals surface area contributed by atoms with Crippen LogP contribution in [0.25, 0.3) is 11.1 Å². The van der Waals surface area contributed by atoms with Gasteiger partial charge in [0.15, 0.2) is 6.04 Å². The number of hydroxylamine groups is 2. The monoisotopic (exact) mass is 460 g/mol. The second-order valence-corrected chi connectivity index (χ2v) is 7.24. The fraction of sp³-hybridized carbons (Fsp3) is 0.273. The maximum absolute atomic E-state index is 14.8. The molecule has 0 aliphatic carbocycles. The minimum Gasteiger partial charge on any atom is -0.328 e. The zero-order valence-electron chi connectivity index (χ0n) is 16.9. The van der Waals surface area contributed by atoms with E-state index in [-0.39, 0.29) is 23.7 Å². The minimum absolute atomic E-state index is 0.0634. The maximum Gasteiger partial charge on any atom is 0.493 e. The Hall–Kier alpha value is -3.96. The van der Waals surface area contributed by atoms with Gasteiger partial charge in [-0.05, 0) is 34.9 Å². The summed E-state index contributed by atoms with van der Waals surface area (Å²) in [6.45, 7) is 0.287. The van der Waals surface area contributed by atoms with Gasteiger partial charge in [0.25, 0.3) is 5.91 Å². The van der Waals surface area contributed by atoms with Gasteiger partial charge < -0.3 is 10.2 Å². The first kappa shape index (κ1) is 23.7. The highest BCUT2D eigenvalue weighted by Crippen LogP contribution is 2.25. The SMILES string of the molecule is N#Cc1ccc(-c2ccc(C[C@@H](C#N)N(OC(=O)C(F)(F)F)C(=O)C3CNC3)c(F)c2)cc1. The number of hydrogen-bond donors (Lipinski definition) is 1. The Balaban J connectivity index is 1.84. The Bertz CT molecular complexity index is 1130. The molecule has 1 N–H and O–H groups in total. The molecule has 0 bridgehead atoms. The summed E-state index contributed by atoms with van der Waals surface area (Å²) in [7, 11) is 0. The quantitative estimate of drug-likeness (QED) is 0.543. The number of nitriles is 2. The molecule has 1 aliphatic rings. The van der Waals surface area contributed by atoms with E-state index in [4.69, 9.17) is 5.26 Å². The molecule has 1 aliphatic heterocycles. The van der Waals surface area contributed by atoms with E-state index in [1.54, 1.807) is 30.3 Å². The van der Waals surface area contributed by atoms with Crippen molar-refractivity contribution < 1.29 is 32.0 Å². The zero-order chi connectivity index (χ0) is 24.2. The second kappa shape index (κ2) is 9.67. The van der Waals surface area contributed by atoms with E-state index in [1.165, 1.54) is 12.1 Å². The minimum atomic E-state index is -5.38. The van der Waals surface area contributed by atoms with Crippen LogP contribution in [0.5, 0.6) is 0 Å². The fourth-order valence-electron chi connectivity index (χ4n) is 3.07. The molecule has 0 saturated carbocycles. The van der Waals surface area contributed by atoms with Crippen molar-refractivity contribution >= 4 is 11.9 Å². The average Bonchev–Trinajstić information content (AvgIpc) is 2.75. The van der Waals surface area contributed by atoms with Crippen molar-refractivity contribution in [1.29, 1.82) is 10.5 Å². The average molecular weight is 460 g/mol.